The summed E-state index contributed by atoms with van der Waals surface area (Å²) in [6, 6.07) is 1.61. The Morgan fingerprint density at radius 3 is 3.08 bits per heavy atom. The van der Waals surface area contributed by atoms with Gasteiger partial charge in [-0.05, 0) is 6.07 Å². The fraction of sp³-hybridized carbons (Fsp3) is 0.429. The highest BCUT2D eigenvalue weighted by atomic mass is 32.2. The van der Waals surface area contributed by atoms with Crippen molar-refractivity contribution < 1.29 is 4.21 Å². The molecule has 72 valence electrons. The Hall–Kier alpha value is -1.17. The summed E-state index contributed by atoms with van der Waals surface area (Å²) in [5.41, 5.74) is 5.44. The van der Waals surface area contributed by atoms with Crippen LogP contribution in [0.25, 0.3) is 0 Å². The van der Waals surface area contributed by atoms with E-state index in [0.717, 1.165) is 0 Å². The number of hydrogen-bond donors (Lipinski definition) is 2. The Morgan fingerprint density at radius 2 is 2.46 bits per heavy atom. The molecule has 0 aliphatic heterocycles. The maximum Gasteiger partial charge on any atom is 0.224 e. The molecular weight excluding hydrogens is 188 g/mol. The number of anilines is 2. The van der Waals surface area contributed by atoms with Crippen LogP contribution in [0.15, 0.2) is 12.3 Å². The van der Waals surface area contributed by atoms with Crippen LogP contribution in [0.1, 0.15) is 0 Å². The van der Waals surface area contributed by atoms with Crippen molar-refractivity contribution in [2.24, 2.45) is 0 Å². The summed E-state index contributed by atoms with van der Waals surface area (Å²) in [5.74, 6) is 1.48. The van der Waals surface area contributed by atoms with Gasteiger partial charge >= 0.3 is 0 Å². The van der Waals surface area contributed by atoms with Crippen molar-refractivity contribution in [3.63, 3.8) is 0 Å². The first-order chi connectivity index (χ1) is 6.18. The fourth-order valence-corrected chi connectivity index (χ4v) is 1.15. The molecule has 1 aromatic rings. The molecule has 1 aromatic heterocycles. The summed E-state index contributed by atoms with van der Waals surface area (Å²) >= 11 is 0. The van der Waals surface area contributed by atoms with Gasteiger partial charge < -0.3 is 11.1 Å². The van der Waals surface area contributed by atoms with Gasteiger partial charge in [0, 0.05) is 35.5 Å². The Morgan fingerprint density at radius 1 is 1.69 bits per heavy atom. The molecule has 0 spiro atoms. The SMILES string of the molecule is CS(=O)CCNc1nccc(N)n1. The van der Waals surface area contributed by atoms with Crippen molar-refractivity contribution in [3.8, 4) is 0 Å². The lowest BCUT2D eigenvalue weighted by Crippen LogP contribution is -2.12. The van der Waals surface area contributed by atoms with E-state index >= 15 is 0 Å². The highest BCUT2D eigenvalue weighted by molar-refractivity contribution is 7.84. The molecule has 0 saturated carbocycles. The zero-order chi connectivity index (χ0) is 9.68. The summed E-state index contributed by atoms with van der Waals surface area (Å²) in [6.45, 7) is 0.590. The fourth-order valence-electron chi connectivity index (χ4n) is 0.764. The lowest BCUT2D eigenvalue weighted by Gasteiger charge is -2.02. The Bertz CT molecular complexity index is 304. The zero-order valence-corrected chi connectivity index (χ0v) is 8.17. The maximum atomic E-state index is 10.7. The Kier molecular flexibility index (Phi) is 3.63. The Balaban J connectivity index is 2.41. The first-order valence-corrected chi connectivity index (χ1v) is 5.53. The normalized spacial score (nSPS) is 12.4. The summed E-state index contributed by atoms with van der Waals surface area (Å²) in [6.07, 6.45) is 3.23. The van der Waals surface area contributed by atoms with E-state index in [4.69, 9.17) is 5.73 Å². The van der Waals surface area contributed by atoms with Gasteiger partial charge in [0.15, 0.2) is 0 Å². The molecule has 0 aliphatic rings. The van der Waals surface area contributed by atoms with Gasteiger partial charge in [-0.25, -0.2) is 4.98 Å². The quantitative estimate of drug-likeness (QED) is 0.706. The number of aromatic nitrogens is 2. The number of nitrogens with one attached hydrogen (secondary N) is 1. The van der Waals surface area contributed by atoms with Crippen molar-refractivity contribution >= 4 is 22.6 Å². The summed E-state index contributed by atoms with van der Waals surface area (Å²) in [4.78, 5) is 7.86. The molecule has 1 rings (SSSR count). The van der Waals surface area contributed by atoms with E-state index in [9.17, 15) is 4.21 Å². The summed E-state index contributed by atoms with van der Waals surface area (Å²) in [5, 5.41) is 2.92. The molecule has 0 amide bonds. The maximum absolute atomic E-state index is 10.7. The van der Waals surface area contributed by atoms with Gasteiger partial charge in [-0.3, -0.25) is 4.21 Å². The number of nitrogen functional groups attached to an aromatic ring is 1. The minimum atomic E-state index is -0.794. The molecular formula is C7H12N4OS. The predicted octanol–water partition coefficient (Wildman–Crippen LogP) is -0.151. The van der Waals surface area contributed by atoms with Gasteiger partial charge in [0.2, 0.25) is 5.95 Å². The van der Waals surface area contributed by atoms with Gasteiger partial charge in [-0.15, -0.1) is 0 Å². The van der Waals surface area contributed by atoms with Crippen LogP contribution in [-0.4, -0.2) is 32.7 Å². The third-order valence-electron chi connectivity index (χ3n) is 1.35. The molecule has 1 atom stereocenters. The number of rotatable bonds is 4. The summed E-state index contributed by atoms with van der Waals surface area (Å²) in [7, 11) is -0.794. The predicted molar refractivity (Wildman–Crippen MR) is 53.9 cm³/mol. The lowest BCUT2D eigenvalue weighted by atomic mass is 10.6. The van der Waals surface area contributed by atoms with Crippen LogP contribution in [0.5, 0.6) is 0 Å². The first-order valence-electron chi connectivity index (χ1n) is 3.81. The second-order valence-electron chi connectivity index (χ2n) is 2.51. The van der Waals surface area contributed by atoms with Crippen LogP contribution in [-0.2, 0) is 10.8 Å². The van der Waals surface area contributed by atoms with E-state index in [-0.39, 0.29) is 0 Å². The van der Waals surface area contributed by atoms with Crippen LogP contribution in [0.4, 0.5) is 11.8 Å². The van der Waals surface area contributed by atoms with Gasteiger partial charge in [-0.1, -0.05) is 0 Å². The van der Waals surface area contributed by atoms with Crippen molar-refractivity contribution in [2.45, 2.75) is 0 Å². The van der Waals surface area contributed by atoms with Gasteiger partial charge in [0.25, 0.3) is 0 Å². The molecule has 0 bridgehead atoms. The molecule has 0 fully saturated rings. The number of nitrogens with zero attached hydrogens (tertiary/aromatic N) is 2. The molecule has 5 nitrogen and oxygen atoms in total. The lowest BCUT2D eigenvalue weighted by molar-refractivity contribution is 0.687. The van der Waals surface area contributed by atoms with Crippen LogP contribution < -0.4 is 11.1 Å². The molecule has 0 aliphatic carbocycles. The molecule has 6 heteroatoms. The molecule has 0 saturated heterocycles. The molecule has 13 heavy (non-hydrogen) atoms. The molecule has 0 radical (unpaired) electrons. The second kappa shape index (κ2) is 4.76. The van der Waals surface area contributed by atoms with Crippen LogP contribution in [0, 0.1) is 0 Å². The number of hydrogen-bond acceptors (Lipinski definition) is 5. The zero-order valence-electron chi connectivity index (χ0n) is 7.36. The smallest absolute Gasteiger partial charge is 0.224 e. The van der Waals surface area contributed by atoms with E-state index < -0.39 is 10.8 Å². The third kappa shape index (κ3) is 3.84. The standard InChI is InChI=1S/C7H12N4OS/c1-13(12)5-4-10-7-9-3-2-6(8)11-7/h2-3H,4-5H2,1H3,(H3,8,9,10,11). The average molecular weight is 200 g/mol. The summed E-state index contributed by atoms with van der Waals surface area (Å²) < 4.78 is 10.7. The van der Waals surface area contributed by atoms with Crippen molar-refractivity contribution in [2.75, 3.05) is 29.6 Å². The van der Waals surface area contributed by atoms with Crippen LogP contribution >= 0.6 is 0 Å². The van der Waals surface area contributed by atoms with Gasteiger partial charge in [0.1, 0.15) is 5.82 Å². The van der Waals surface area contributed by atoms with Crippen molar-refractivity contribution in [3.05, 3.63) is 12.3 Å². The first kappa shape index (κ1) is 9.91. The molecule has 0 aromatic carbocycles. The monoisotopic (exact) mass is 200 g/mol. The average Bonchev–Trinajstić information content (AvgIpc) is 2.03. The second-order valence-corrected chi connectivity index (χ2v) is 4.06. The van der Waals surface area contributed by atoms with E-state index in [2.05, 4.69) is 15.3 Å². The van der Waals surface area contributed by atoms with Crippen LogP contribution in [0.3, 0.4) is 0 Å². The highest BCUT2D eigenvalue weighted by Gasteiger charge is 1.95. The van der Waals surface area contributed by atoms with Crippen molar-refractivity contribution in [1.29, 1.82) is 0 Å². The van der Waals surface area contributed by atoms with Crippen molar-refractivity contribution in [1.82, 2.24) is 9.97 Å². The molecule has 1 unspecified atom stereocenters. The Labute approximate surface area is 79.2 Å². The van der Waals surface area contributed by atoms with Gasteiger partial charge in [-0.2, -0.15) is 4.98 Å². The largest absolute Gasteiger partial charge is 0.384 e. The highest BCUT2D eigenvalue weighted by Crippen LogP contribution is 1.99. The topological polar surface area (TPSA) is 80.9 Å². The molecule has 3 N–H and O–H groups in total. The molecule has 1 heterocycles. The van der Waals surface area contributed by atoms with Crippen LogP contribution in [0.2, 0.25) is 0 Å². The third-order valence-corrected chi connectivity index (χ3v) is 2.13. The van der Waals surface area contributed by atoms with E-state index in [1.807, 2.05) is 0 Å². The van der Waals surface area contributed by atoms with Gasteiger partial charge in [0.05, 0.1) is 0 Å². The van der Waals surface area contributed by atoms with E-state index in [1.54, 1.807) is 18.5 Å². The minimum absolute atomic E-state index is 0.426. The van der Waals surface area contributed by atoms with E-state index in [1.165, 1.54) is 0 Å². The number of nitrogens with two attached hydrogens (primary N) is 1. The minimum Gasteiger partial charge on any atom is -0.384 e. The van der Waals surface area contributed by atoms with E-state index in [0.29, 0.717) is 24.1 Å².